The summed E-state index contributed by atoms with van der Waals surface area (Å²) in [4.78, 5) is 12.5. The smallest absolute Gasteiger partial charge is 0.340 e. The van der Waals surface area contributed by atoms with Crippen molar-refractivity contribution in [3.8, 4) is 5.75 Å². The van der Waals surface area contributed by atoms with Crippen LogP contribution in [-0.4, -0.2) is 17.0 Å². The number of hydrogen-bond acceptors (Lipinski definition) is 3. The summed E-state index contributed by atoms with van der Waals surface area (Å²) >= 11 is 0. The highest BCUT2D eigenvalue weighted by atomic mass is 16.5. The van der Waals surface area contributed by atoms with Gasteiger partial charge in [0, 0.05) is 17.6 Å². The Hall–Kier alpha value is -3.27. The number of nitrogens with zero attached hydrogens (tertiary/aromatic N) is 1. The van der Waals surface area contributed by atoms with E-state index in [1.54, 1.807) is 0 Å². The van der Waals surface area contributed by atoms with E-state index in [0.717, 1.165) is 27.7 Å². The van der Waals surface area contributed by atoms with Gasteiger partial charge in [-0.3, -0.25) is 0 Å². The number of esters is 1. The van der Waals surface area contributed by atoms with E-state index in [1.807, 2.05) is 60.0 Å². The van der Waals surface area contributed by atoms with Crippen LogP contribution in [0.4, 0.5) is 0 Å². The minimum absolute atomic E-state index is 0.301. The Labute approximate surface area is 158 Å². The van der Waals surface area contributed by atoms with Crippen LogP contribution in [0.5, 0.6) is 5.75 Å². The van der Waals surface area contributed by atoms with Gasteiger partial charge in [0.05, 0.1) is 23.2 Å². The Morgan fingerprint density at radius 1 is 1.00 bits per heavy atom. The van der Waals surface area contributed by atoms with Gasteiger partial charge in [-0.1, -0.05) is 35.9 Å². The lowest BCUT2D eigenvalue weighted by Gasteiger charge is -2.07. The summed E-state index contributed by atoms with van der Waals surface area (Å²) in [7, 11) is 0. The van der Waals surface area contributed by atoms with Gasteiger partial charge in [0.2, 0.25) is 0 Å². The molecular weight excluding hydrogens is 338 g/mol. The van der Waals surface area contributed by atoms with E-state index in [9.17, 15) is 4.79 Å². The second-order valence-electron chi connectivity index (χ2n) is 6.51. The third-order valence-electron chi connectivity index (χ3n) is 4.58. The summed E-state index contributed by atoms with van der Waals surface area (Å²) in [6.07, 6.45) is 1.95. The highest BCUT2D eigenvalue weighted by molar-refractivity contribution is 6.11. The van der Waals surface area contributed by atoms with Crippen LogP contribution in [0.2, 0.25) is 0 Å². The third-order valence-corrected chi connectivity index (χ3v) is 4.58. The van der Waals surface area contributed by atoms with Crippen molar-refractivity contribution in [3.05, 3.63) is 83.6 Å². The van der Waals surface area contributed by atoms with E-state index in [0.29, 0.717) is 18.8 Å². The van der Waals surface area contributed by atoms with Crippen molar-refractivity contribution in [1.82, 2.24) is 4.40 Å². The minimum atomic E-state index is -0.301. The average Bonchev–Trinajstić information content (AvgIpc) is 3.00. The first-order valence-electron chi connectivity index (χ1n) is 9.05. The fourth-order valence-corrected chi connectivity index (χ4v) is 3.39. The molecule has 0 N–H and O–H groups in total. The van der Waals surface area contributed by atoms with E-state index in [1.165, 1.54) is 5.56 Å². The van der Waals surface area contributed by atoms with Crippen LogP contribution in [0.25, 0.3) is 16.4 Å². The van der Waals surface area contributed by atoms with Gasteiger partial charge >= 0.3 is 5.97 Å². The molecule has 4 rings (SSSR count). The van der Waals surface area contributed by atoms with Gasteiger partial charge in [-0.15, -0.1) is 0 Å². The van der Waals surface area contributed by atoms with E-state index < -0.39 is 0 Å². The van der Waals surface area contributed by atoms with Crippen LogP contribution in [0, 0.1) is 6.92 Å². The predicted molar refractivity (Wildman–Crippen MR) is 106 cm³/mol. The van der Waals surface area contributed by atoms with Gasteiger partial charge in [0.25, 0.3) is 0 Å². The summed E-state index contributed by atoms with van der Waals surface area (Å²) in [6, 6.07) is 19.9. The summed E-state index contributed by atoms with van der Waals surface area (Å²) in [5.41, 5.74) is 4.69. The molecule has 0 aliphatic heterocycles. The Bertz CT molecular complexity index is 1130. The molecule has 2 aromatic carbocycles. The fraction of sp³-hybridized carbons (Fsp3) is 0.174. The number of aromatic nitrogens is 1. The number of carbonyl (C=O) groups excluding carboxylic acids is 1. The number of rotatable bonds is 5. The van der Waals surface area contributed by atoms with Gasteiger partial charge in [0.1, 0.15) is 12.4 Å². The zero-order chi connectivity index (χ0) is 18.8. The zero-order valence-electron chi connectivity index (χ0n) is 15.4. The molecule has 0 spiro atoms. The lowest BCUT2D eigenvalue weighted by atomic mass is 10.1. The van der Waals surface area contributed by atoms with Crippen molar-refractivity contribution in [1.29, 1.82) is 0 Å². The number of aryl methyl sites for hydroxylation is 1. The normalized spacial score (nSPS) is 11.0. The quantitative estimate of drug-likeness (QED) is 0.462. The van der Waals surface area contributed by atoms with Gasteiger partial charge in [-0.05, 0) is 43.7 Å². The minimum Gasteiger partial charge on any atom is -0.489 e. The average molecular weight is 359 g/mol. The highest BCUT2D eigenvalue weighted by Gasteiger charge is 2.19. The van der Waals surface area contributed by atoms with Crippen molar-refractivity contribution < 1.29 is 14.3 Å². The predicted octanol–water partition coefficient (Wildman–Crippen LogP) is 5.16. The van der Waals surface area contributed by atoms with Crippen molar-refractivity contribution >= 4 is 22.4 Å². The van der Waals surface area contributed by atoms with Crippen molar-refractivity contribution in [3.63, 3.8) is 0 Å². The second kappa shape index (κ2) is 7.16. The molecule has 4 heteroatoms. The van der Waals surface area contributed by atoms with Crippen LogP contribution in [0.1, 0.15) is 28.4 Å². The summed E-state index contributed by atoms with van der Waals surface area (Å²) in [6.45, 7) is 4.73. The number of benzene rings is 2. The molecule has 27 heavy (non-hydrogen) atoms. The van der Waals surface area contributed by atoms with Gasteiger partial charge in [-0.2, -0.15) is 0 Å². The summed E-state index contributed by atoms with van der Waals surface area (Å²) in [5.74, 6) is 0.465. The van der Waals surface area contributed by atoms with Crippen molar-refractivity contribution in [2.75, 3.05) is 6.61 Å². The number of pyridine rings is 1. The maximum absolute atomic E-state index is 12.5. The lowest BCUT2D eigenvalue weighted by Crippen LogP contribution is -2.04. The number of carbonyl (C=O) groups is 1. The van der Waals surface area contributed by atoms with Gasteiger partial charge in [-0.25, -0.2) is 4.79 Å². The molecule has 0 saturated carbocycles. The van der Waals surface area contributed by atoms with Crippen LogP contribution >= 0.6 is 0 Å². The fourth-order valence-electron chi connectivity index (χ4n) is 3.39. The topological polar surface area (TPSA) is 39.9 Å². The molecule has 2 heterocycles. The van der Waals surface area contributed by atoms with Crippen molar-refractivity contribution in [2.45, 2.75) is 20.5 Å². The van der Waals surface area contributed by atoms with Gasteiger partial charge < -0.3 is 13.9 Å². The largest absolute Gasteiger partial charge is 0.489 e. The van der Waals surface area contributed by atoms with Crippen LogP contribution < -0.4 is 4.74 Å². The number of hydrogen-bond donors (Lipinski definition) is 0. The monoisotopic (exact) mass is 359 g/mol. The van der Waals surface area contributed by atoms with Crippen molar-refractivity contribution in [2.24, 2.45) is 0 Å². The van der Waals surface area contributed by atoms with E-state index in [-0.39, 0.29) is 5.97 Å². The zero-order valence-corrected chi connectivity index (χ0v) is 15.4. The molecule has 2 aromatic heterocycles. The standard InChI is InChI=1S/C23H21NO3/c1-3-26-23(25)22-19-11-10-18(27-15-17-8-6-7-16(2)13-17)14-21(19)24-12-5-4-9-20(22)24/h4-14H,3,15H2,1-2H3. The number of ether oxygens (including phenoxy) is 2. The molecule has 0 unspecified atom stereocenters. The molecule has 0 saturated heterocycles. The van der Waals surface area contributed by atoms with Gasteiger partial charge in [0.15, 0.2) is 0 Å². The summed E-state index contributed by atoms with van der Waals surface area (Å²) < 4.78 is 13.3. The first kappa shape index (κ1) is 17.2. The molecule has 0 amide bonds. The number of fused-ring (bicyclic) bond motifs is 3. The molecule has 0 aliphatic rings. The van der Waals surface area contributed by atoms with Crippen LogP contribution in [0.3, 0.4) is 0 Å². The SMILES string of the molecule is CCOC(=O)c1c2ccc(OCc3cccc(C)c3)cc2n2ccccc12. The maximum Gasteiger partial charge on any atom is 0.340 e. The first-order valence-corrected chi connectivity index (χ1v) is 9.05. The molecule has 0 bridgehead atoms. The second-order valence-corrected chi connectivity index (χ2v) is 6.51. The lowest BCUT2D eigenvalue weighted by molar-refractivity contribution is 0.0531. The third kappa shape index (κ3) is 3.26. The molecule has 0 atom stereocenters. The van der Waals surface area contributed by atoms with Crippen LogP contribution in [0.15, 0.2) is 66.9 Å². The molecular formula is C23H21NO3. The van der Waals surface area contributed by atoms with E-state index >= 15 is 0 Å². The Morgan fingerprint density at radius 3 is 2.70 bits per heavy atom. The maximum atomic E-state index is 12.5. The Kier molecular flexibility index (Phi) is 4.55. The Balaban J connectivity index is 1.74. The molecule has 4 nitrogen and oxygen atoms in total. The summed E-state index contributed by atoms with van der Waals surface area (Å²) in [5, 5.41) is 0.863. The molecule has 0 radical (unpaired) electrons. The van der Waals surface area contributed by atoms with Crippen LogP contribution in [-0.2, 0) is 11.3 Å². The molecule has 136 valence electrons. The van der Waals surface area contributed by atoms with E-state index in [4.69, 9.17) is 9.47 Å². The van der Waals surface area contributed by atoms with E-state index in [2.05, 4.69) is 25.1 Å². The Morgan fingerprint density at radius 2 is 1.89 bits per heavy atom. The molecule has 0 fully saturated rings. The first-order chi connectivity index (χ1) is 13.2. The highest BCUT2D eigenvalue weighted by Crippen LogP contribution is 2.30. The molecule has 0 aliphatic carbocycles. The molecule has 4 aromatic rings.